The molecule has 1 heterocycles. The molecule has 0 bridgehead atoms. The van der Waals surface area contributed by atoms with Gasteiger partial charge in [0.2, 0.25) is 11.6 Å². The van der Waals surface area contributed by atoms with Gasteiger partial charge in [0.05, 0.1) is 0 Å². The normalized spacial score (nSPS) is 10.0. The summed E-state index contributed by atoms with van der Waals surface area (Å²) in [6, 6.07) is 0. The molecule has 0 radical (unpaired) electrons. The molecule has 1 rings (SSSR count). The molecule has 0 aromatic carbocycles. The third kappa shape index (κ3) is 1.15. The lowest BCUT2D eigenvalue weighted by Crippen LogP contribution is -2.04. The standard InChI is InChI=1S/C6HF4NO/c7-3-2(1-12)11-6(10)5(9)4(3)8/h1H. The van der Waals surface area contributed by atoms with Crippen LogP contribution in [0.25, 0.3) is 0 Å². The second kappa shape index (κ2) is 2.88. The molecule has 12 heavy (non-hydrogen) atoms. The van der Waals surface area contributed by atoms with Crippen LogP contribution in [0.1, 0.15) is 10.5 Å². The molecule has 0 aliphatic carbocycles. The second-order valence-electron chi connectivity index (χ2n) is 1.85. The van der Waals surface area contributed by atoms with Gasteiger partial charge in [-0.1, -0.05) is 0 Å². The van der Waals surface area contributed by atoms with E-state index in [1.165, 1.54) is 0 Å². The molecular weight excluding hydrogens is 178 g/mol. The van der Waals surface area contributed by atoms with E-state index < -0.39 is 29.1 Å². The minimum Gasteiger partial charge on any atom is -0.296 e. The van der Waals surface area contributed by atoms with Crippen molar-refractivity contribution >= 4 is 6.29 Å². The number of carbonyl (C=O) groups excluding carboxylic acids is 1. The number of nitrogens with zero attached hydrogens (tertiary/aromatic N) is 1. The average molecular weight is 179 g/mol. The van der Waals surface area contributed by atoms with Crippen LogP contribution in [0.3, 0.4) is 0 Å². The van der Waals surface area contributed by atoms with Crippen LogP contribution in [-0.4, -0.2) is 11.3 Å². The van der Waals surface area contributed by atoms with Gasteiger partial charge in [-0.2, -0.15) is 8.78 Å². The van der Waals surface area contributed by atoms with Crippen molar-refractivity contribution in [3.63, 3.8) is 0 Å². The van der Waals surface area contributed by atoms with Crippen LogP contribution in [0.5, 0.6) is 0 Å². The lowest BCUT2D eigenvalue weighted by atomic mass is 10.3. The number of halogens is 4. The highest BCUT2D eigenvalue weighted by Crippen LogP contribution is 2.13. The summed E-state index contributed by atoms with van der Waals surface area (Å²) in [7, 11) is 0. The molecule has 0 aliphatic heterocycles. The molecule has 0 fully saturated rings. The Labute approximate surface area is 63.8 Å². The predicted molar refractivity (Wildman–Crippen MR) is 29.5 cm³/mol. The predicted octanol–water partition coefficient (Wildman–Crippen LogP) is 1.45. The van der Waals surface area contributed by atoms with Crippen LogP contribution in [0.2, 0.25) is 0 Å². The van der Waals surface area contributed by atoms with Crippen LogP contribution in [0, 0.1) is 23.4 Å². The van der Waals surface area contributed by atoms with Gasteiger partial charge in [0.1, 0.15) is 5.69 Å². The van der Waals surface area contributed by atoms with Gasteiger partial charge in [-0.05, 0) is 0 Å². The molecular formula is C6HF4NO. The number of pyridine rings is 1. The van der Waals surface area contributed by atoms with Crippen molar-refractivity contribution in [2.24, 2.45) is 0 Å². The summed E-state index contributed by atoms with van der Waals surface area (Å²) in [4.78, 5) is 12.4. The summed E-state index contributed by atoms with van der Waals surface area (Å²) in [5, 5.41) is 0. The Morgan fingerprint density at radius 3 is 2.08 bits per heavy atom. The molecule has 0 spiro atoms. The Morgan fingerprint density at radius 1 is 1.00 bits per heavy atom. The summed E-state index contributed by atoms with van der Waals surface area (Å²) in [5.74, 6) is -7.69. The van der Waals surface area contributed by atoms with E-state index in [2.05, 4.69) is 4.98 Å². The van der Waals surface area contributed by atoms with Crippen molar-refractivity contribution in [2.75, 3.05) is 0 Å². The van der Waals surface area contributed by atoms with Crippen molar-refractivity contribution in [1.82, 2.24) is 4.98 Å². The van der Waals surface area contributed by atoms with Gasteiger partial charge in [-0.15, -0.1) is 0 Å². The van der Waals surface area contributed by atoms with E-state index in [0.29, 0.717) is 0 Å². The number of aldehydes is 1. The van der Waals surface area contributed by atoms with Gasteiger partial charge in [0.25, 0.3) is 5.95 Å². The van der Waals surface area contributed by atoms with Crippen LogP contribution >= 0.6 is 0 Å². The highest BCUT2D eigenvalue weighted by atomic mass is 19.2. The fraction of sp³-hybridized carbons (Fsp3) is 0. The topological polar surface area (TPSA) is 30.0 Å². The van der Waals surface area contributed by atoms with Crippen molar-refractivity contribution < 1.29 is 22.4 Å². The van der Waals surface area contributed by atoms with E-state index in [4.69, 9.17) is 0 Å². The molecule has 0 atom stereocenters. The number of rotatable bonds is 1. The lowest BCUT2D eigenvalue weighted by molar-refractivity contribution is 0.111. The van der Waals surface area contributed by atoms with Crippen LogP contribution < -0.4 is 0 Å². The SMILES string of the molecule is O=Cc1nc(F)c(F)c(F)c1F. The first-order chi connectivity index (χ1) is 5.57. The van der Waals surface area contributed by atoms with Gasteiger partial charge in [0, 0.05) is 0 Å². The molecule has 1 aromatic heterocycles. The number of hydrogen-bond acceptors (Lipinski definition) is 2. The monoisotopic (exact) mass is 179 g/mol. The van der Waals surface area contributed by atoms with E-state index in [1.807, 2.05) is 0 Å². The summed E-state index contributed by atoms with van der Waals surface area (Å²) in [6.07, 6.45) is -0.207. The third-order valence-corrected chi connectivity index (χ3v) is 1.12. The van der Waals surface area contributed by atoms with Gasteiger partial charge in [-0.25, -0.2) is 13.8 Å². The third-order valence-electron chi connectivity index (χ3n) is 1.12. The molecule has 0 aliphatic rings. The average Bonchev–Trinajstić information content (AvgIpc) is 2.08. The van der Waals surface area contributed by atoms with E-state index in [-0.39, 0.29) is 6.29 Å². The molecule has 0 saturated carbocycles. The number of aromatic nitrogens is 1. The van der Waals surface area contributed by atoms with Gasteiger partial charge in [-0.3, -0.25) is 4.79 Å². The molecule has 0 N–H and O–H groups in total. The van der Waals surface area contributed by atoms with E-state index in [1.54, 1.807) is 0 Å². The van der Waals surface area contributed by atoms with Crippen LogP contribution in [0.15, 0.2) is 0 Å². The first kappa shape index (κ1) is 8.63. The molecule has 0 saturated heterocycles. The molecule has 6 heteroatoms. The Morgan fingerprint density at radius 2 is 1.58 bits per heavy atom. The maximum absolute atomic E-state index is 12.4. The second-order valence-corrected chi connectivity index (χ2v) is 1.85. The van der Waals surface area contributed by atoms with Crippen molar-refractivity contribution in [3.8, 4) is 0 Å². The maximum Gasteiger partial charge on any atom is 0.252 e. The summed E-state index contributed by atoms with van der Waals surface area (Å²) in [6.45, 7) is 0. The van der Waals surface area contributed by atoms with Crippen molar-refractivity contribution in [3.05, 3.63) is 29.1 Å². The molecule has 1 aromatic rings. The summed E-state index contributed by atoms with van der Waals surface area (Å²) in [5.41, 5.74) is -1.09. The summed E-state index contributed by atoms with van der Waals surface area (Å²) >= 11 is 0. The van der Waals surface area contributed by atoms with E-state index >= 15 is 0 Å². The fourth-order valence-corrected chi connectivity index (χ4v) is 0.581. The first-order valence-corrected chi connectivity index (χ1v) is 2.73. The molecule has 64 valence electrons. The zero-order chi connectivity index (χ0) is 9.30. The van der Waals surface area contributed by atoms with Crippen molar-refractivity contribution in [1.29, 1.82) is 0 Å². The number of hydrogen-bond donors (Lipinski definition) is 0. The Balaban J connectivity index is 3.49. The Bertz CT molecular complexity index is 339. The van der Waals surface area contributed by atoms with E-state index in [0.717, 1.165) is 0 Å². The van der Waals surface area contributed by atoms with E-state index in [9.17, 15) is 22.4 Å². The molecule has 2 nitrogen and oxygen atoms in total. The first-order valence-electron chi connectivity index (χ1n) is 2.73. The van der Waals surface area contributed by atoms with Gasteiger partial charge in [0.15, 0.2) is 12.1 Å². The summed E-state index contributed by atoms with van der Waals surface area (Å²) < 4.78 is 48.9. The van der Waals surface area contributed by atoms with Crippen LogP contribution in [-0.2, 0) is 0 Å². The van der Waals surface area contributed by atoms with Gasteiger partial charge < -0.3 is 0 Å². The minimum atomic E-state index is -2.04. The maximum atomic E-state index is 12.4. The minimum absolute atomic E-state index is 0.207. The Kier molecular flexibility index (Phi) is 2.07. The van der Waals surface area contributed by atoms with Gasteiger partial charge >= 0.3 is 0 Å². The molecule has 0 unspecified atom stereocenters. The zero-order valence-corrected chi connectivity index (χ0v) is 5.44. The van der Waals surface area contributed by atoms with Crippen LogP contribution in [0.4, 0.5) is 17.6 Å². The molecule has 0 amide bonds. The van der Waals surface area contributed by atoms with Crippen molar-refractivity contribution in [2.45, 2.75) is 0 Å². The lowest BCUT2D eigenvalue weighted by Gasteiger charge is -1.97. The fourth-order valence-electron chi connectivity index (χ4n) is 0.581. The highest BCUT2D eigenvalue weighted by Gasteiger charge is 2.19. The Hall–Kier alpha value is -1.46. The quantitative estimate of drug-likeness (QED) is 0.371. The number of carbonyl (C=O) groups is 1. The smallest absolute Gasteiger partial charge is 0.252 e. The highest BCUT2D eigenvalue weighted by molar-refractivity contribution is 5.71. The zero-order valence-electron chi connectivity index (χ0n) is 5.44. The largest absolute Gasteiger partial charge is 0.296 e.